The second kappa shape index (κ2) is 11.8. The molecule has 0 unspecified atom stereocenters. The Morgan fingerprint density at radius 3 is 2.24 bits per heavy atom. The van der Waals surface area contributed by atoms with E-state index in [1.807, 2.05) is 47.4 Å². The number of rotatable bonds is 13. The summed E-state index contributed by atoms with van der Waals surface area (Å²) in [5.74, 6) is 0.0790. The molecule has 1 saturated carbocycles. The highest BCUT2D eigenvalue weighted by Gasteiger charge is 2.53. The van der Waals surface area contributed by atoms with Crippen LogP contribution in [0.3, 0.4) is 0 Å². The largest absolute Gasteiger partial charge is 0.497 e. The van der Waals surface area contributed by atoms with Crippen LogP contribution in [-0.2, 0) is 26.2 Å². The molecule has 3 rings (SSSR count). The predicted molar refractivity (Wildman–Crippen MR) is 128 cm³/mol. The van der Waals surface area contributed by atoms with Gasteiger partial charge in [0.2, 0.25) is 5.91 Å². The van der Waals surface area contributed by atoms with E-state index >= 15 is 0 Å². The number of aryl methyl sites for hydroxylation is 1. The Morgan fingerprint density at radius 2 is 1.64 bits per heavy atom. The number of amides is 1. The second-order valence-corrected chi connectivity index (χ2v) is 8.81. The van der Waals surface area contributed by atoms with Crippen LogP contribution in [0.2, 0.25) is 0 Å². The van der Waals surface area contributed by atoms with Gasteiger partial charge < -0.3 is 19.5 Å². The van der Waals surface area contributed by atoms with E-state index in [0.717, 1.165) is 24.2 Å². The number of methoxy groups -OCH3 is 2. The molecule has 1 aliphatic carbocycles. The van der Waals surface area contributed by atoms with Crippen LogP contribution in [0.25, 0.3) is 0 Å². The molecule has 0 heterocycles. The summed E-state index contributed by atoms with van der Waals surface area (Å²) in [6.45, 7) is 1.22. The van der Waals surface area contributed by atoms with Crippen LogP contribution in [0, 0.1) is 0 Å². The van der Waals surface area contributed by atoms with Crippen molar-refractivity contribution in [1.82, 2.24) is 4.90 Å². The highest BCUT2D eigenvalue weighted by atomic mass is 16.5. The molecule has 0 atom stereocenters. The van der Waals surface area contributed by atoms with E-state index in [2.05, 4.69) is 12.1 Å². The normalized spacial score (nSPS) is 19.5. The van der Waals surface area contributed by atoms with Crippen LogP contribution in [0.5, 0.6) is 5.75 Å². The molecule has 2 aromatic rings. The van der Waals surface area contributed by atoms with E-state index in [0.29, 0.717) is 38.8 Å². The van der Waals surface area contributed by atoms with E-state index < -0.39 is 11.4 Å². The molecule has 0 bridgehead atoms. The Morgan fingerprint density at radius 1 is 0.970 bits per heavy atom. The number of carbonyl (C=O) groups excluding carboxylic acids is 1. The lowest BCUT2D eigenvalue weighted by atomic mass is 9.61. The van der Waals surface area contributed by atoms with Crippen molar-refractivity contribution in [2.75, 3.05) is 27.3 Å². The molecule has 0 spiro atoms. The van der Waals surface area contributed by atoms with Crippen molar-refractivity contribution < 1.29 is 24.2 Å². The van der Waals surface area contributed by atoms with Gasteiger partial charge in [-0.1, -0.05) is 42.5 Å². The van der Waals surface area contributed by atoms with Gasteiger partial charge >= 0.3 is 5.97 Å². The van der Waals surface area contributed by atoms with Crippen molar-refractivity contribution in [3.63, 3.8) is 0 Å². The fraction of sp³-hybridized carbons (Fsp3) is 0.481. The zero-order valence-electron chi connectivity index (χ0n) is 19.7. The number of hydrogen-bond donors (Lipinski definition) is 1. The summed E-state index contributed by atoms with van der Waals surface area (Å²) >= 11 is 0. The first-order chi connectivity index (χ1) is 16.0. The van der Waals surface area contributed by atoms with Crippen molar-refractivity contribution in [3.8, 4) is 5.75 Å². The van der Waals surface area contributed by atoms with Gasteiger partial charge in [-0.25, -0.2) is 0 Å². The van der Waals surface area contributed by atoms with E-state index in [9.17, 15) is 9.59 Å². The maximum absolute atomic E-state index is 14.0. The number of ether oxygens (including phenoxy) is 2. The van der Waals surface area contributed by atoms with Crippen molar-refractivity contribution >= 4 is 11.9 Å². The Labute approximate surface area is 196 Å². The first-order valence-electron chi connectivity index (χ1n) is 11.7. The third-order valence-corrected chi connectivity index (χ3v) is 6.63. The van der Waals surface area contributed by atoms with Crippen molar-refractivity contribution in [2.24, 2.45) is 0 Å². The third kappa shape index (κ3) is 6.35. The summed E-state index contributed by atoms with van der Waals surface area (Å²) in [4.78, 5) is 26.8. The van der Waals surface area contributed by atoms with Gasteiger partial charge in [0, 0.05) is 26.6 Å². The zero-order valence-corrected chi connectivity index (χ0v) is 19.7. The van der Waals surface area contributed by atoms with Crippen LogP contribution >= 0.6 is 0 Å². The SMILES string of the molecule is COc1ccc([C@]2(C(=O)N(CCCCC(=O)O)CCCc3ccccc3)C[C@H](OC)C2)cc1. The number of aliphatic carboxylic acids is 1. The molecular weight excluding hydrogens is 418 g/mol. The van der Waals surface area contributed by atoms with Crippen LogP contribution in [0.4, 0.5) is 0 Å². The van der Waals surface area contributed by atoms with Gasteiger partial charge in [-0.2, -0.15) is 0 Å². The lowest BCUT2D eigenvalue weighted by Gasteiger charge is -2.48. The third-order valence-electron chi connectivity index (χ3n) is 6.63. The topological polar surface area (TPSA) is 76.1 Å². The Balaban J connectivity index is 1.75. The van der Waals surface area contributed by atoms with E-state index in [4.69, 9.17) is 14.6 Å². The molecule has 0 aliphatic heterocycles. The van der Waals surface area contributed by atoms with Gasteiger partial charge in [-0.3, -0.25) is 9.59 Å². The first kappa shape index (κ1) is 24.8. The fourth-order valence-electron chi connectivity index (χ4n) is 4.64. The number of unbranched alkanes of at least 4 members (excludes halogenated alkanes) is 1. The monoisotopic (exact) mass is 453 g/mol. The maximum Gasteiger partial charge on any atom is 0.303 e. The van der Waals surface area contributed by atoms with Crippen molar-refractivity contribution in [2.45, 2.75) is 56.5 Å². The number of nitrogens with zero attached hydrogens (tertiary/aromatic N) is 1. The zero-order chi connectivity index (χ0) is 23.7. The highest BCUT2D eigenvalue weighted by Crippen LogP contribution is 2.47. The van der Waals surface area contributed by atoms with Crippen molar-refractivity contribution in [1.29, 1.82) is 0 Å². The van der Waals surface area contributed by atoms with Crippen LogP contribution in [0.15, 0.2) is 54.6 Å². The van der Waals surface area contributed by atoms with Gasteiger partial charge in [0.15, 0.2) is 0 Å². The summed E-state index contributed by atoms with van der Waals surface area (Å²) in [5.41, 5.74) is 1.64. The number of hydrogen-bond acceptors (Lipinski definition) is 4. The minimum Gasteiger partial charge on any atom is -0.497 e. The molecule has 0 radical (unpaired) electrons. The number of carbonyl (C=O) groups is 2. The van der Waals surface area contributed by atoms with Gasteiger partial charge in [0.25, 0.3) is 0 Å². The second-order valence-electron chi connectivity index (χ2n) is 8.81. The minimum atomic E-state index is -0.798. The van der Waals surface area contributed by atoms with E-state index in [1.165, 1.54) is 5.56 Å². The fourth-order valence-corrected chi connectivity index (χ4v) is 4.64. The van der Waals surface area contributed by atoms with Crippen LogP contribution < -0.4 is 4.74 Å². The average Bonchev–Trinajstić information content (AvgIpc) is 2.81. The molecule has 1 aliphatic rings. The van der Waals surface area contributed by atoms with E-state index in [1.54, 1.807) is 14.2 Å². The predicted octanol–water partition coefficient (Wildman–Crippen LogP) is 4.46. The molecule has 6 nitrogen and oxygen atoms in total. The molecular formula is C27H35NO5. The molecule has 0 saturated heterocycles. The quantitative estimate of drug-likeness (QED) is 0.453. The molecule has 33 heavy (non-hydrogen) atoms. The van der Waals surface area contributed by atoms with Gasteiger partial charge in [-0.15, -0.1) is 0 Å². The number of carboxylic acids is 1. The summed E-state index contributed by atoms with van der Waals surface area (Å²) in [7, 11) is 3.32. The van der Waals surface area contributed by atoms with Crippen LogP contribution in [-0.4, -0.2) is 55.3 Å². The standard InChI is InChI=1S/C27H35NO5/c1-32-23-15-13-22(14-16-23)27(19-24(20-27)33-2)26(31)28(17-7-6-12-25(29)30)18-8-11-21-9-4-3-5-10-21/h3-5,9-10,13-16,24H,6-8,11-12,17-20H2,1-2H3,(H,29,30)/t24-,27-. The minimum absolute atomic E-state index is 0.0641. The molecule has 1 N–H and O–H groups in total. The molecule has 178 valence electrons. The van der Waals surface area contributed by atoms with Crippen LogP contribution in [0.1, 0.15) is 49.7 Å². The molecule has 6 heteroatoms. The number of carboxylic acid groups (broad SMARTS) is 1. The lowest BCUT2D eigenvalue weighted by molar-refractivity contribution is -0.147. The number of benzene rings is 2. The van der Waals surface area contributed by atoms with Gasteiger partial charge in [0.1, 0.15) is 5.75 Å². The average molecular weight is 454 g/mol. The smallest absolute Gasteiger partial charge is 0.303 e. The molecule has 2 aromatic carbocycles. The Bertz CT molecular complexity index is 890. The molecule has 1 amide bonds. The maximum atomic E-state index is 14.0. The highest BCUT2D eigenvalue weighted by molar-refractivity contribution is 5.89. The summed E-state index contributed by atoms with van der Waals surface area (Å²) in [6, 6.07) is 18.0. The van der Waals surface area contributed by atoms with Gasteiger partial charge in [-0.05, 0) is 61.8 Å². The molecule has 0 aromatic heterocycles. The molecule has 1 fully saturated rings. The van der Waals surface area contributed by atoms with Gasteiger partial charge in [0.05, 0.1) is 18.6 Å². The Hall–Kier alpha value is -2.86. The van der Waals surface area contributed by atoms with Crippen molar-refractivity contribution in [3.05, 3.63) is 65.7 Å². The van der Waals surface area contributed by atoms with E-state index in [-0.39, 0.29) is 18.4 Å². The summed E-state index contributed by atoms with van der Waals surface area (Å²) < 4.78 is 10.8. The Kier molecular flexibility index (Phi) is 8.89. The summed E-state index contributed by atoms with van der Waals surface area (Å²) in [6.07, 6.45) is 4.49. The summed E-state index contributed by atoms with van der Waals surface area (Å²) in [5, 5.41) is 8.97. The lowest BCUT2D eigenvalue weighted by Crippen LogP contribution is -2.57. The first-order valence-corrected chi connectivity index (χ1v) is 11.7.